The number of rotatable bonds is 4. The van der Waals surface area contributed by atoms with E-state index in [4.69, 9.17) is 0 Å². The number of hydrogen-bond donors (Lipinski definition) is 0. The quantitative estimate of drug-likeness (QED) is 0.523. The van der Waals surface area contributed by atoms with Gasteiger partial charge in [-0.2, -0.15) is 0 Å². The van der Waals surface area contributed by atoms with Crippen molar-refractivity contribution in [1.29, 1.82) is 0 Å². The van der Waals surface area contributed by atoms with Crippen molar-refractivity contribution in [1.82, 2.24) is 0 Å². The highest BCUT2D eigenvalue weighted by Crippen LogP contribution is 2.15. The van der Waals surface area contributed by atoms with Crippen molar-refractivity contribution in [2.45, 2.75) is 33.6 Å². The summed E-state index contributed by atoms with van der Waals surface area (Å²) in [6.07, 6.45) is 6.81. The monoisotopic (exact) mass is 139 g/mol. The van der Waals surface area contributed by atoms with Crippen LogP contribution in [-0.2, 0) is 0 Å². The number of hydrogen-bond acceptors (Lipinski definition) is 0. The van der Waals surface area contributed by atoms with E-state index in [0.29, 0.717) is 5.92 Å². The zero-order valence-electron chi connectivity index (χ0n) is 7.43. The van der Waals surface area contributed by atoms with Gasteiger partial charge in [0.05, 0.1) is 0 Å². The van der Waals surface area contributed by atoms with E-state index in [2.05, 4.69) is 39.8 Å². The Morgan fingerprint density at radius 2 is 2.00 bits per heavy atom. The Balaban J connectivity index is 3.30. The summed E-state index contributed by atoms with van der Waals surface area (Å²) < 4.78 is 0. The Morgan fingerprint density at radius 1 is 1.40 bits per heavy atom. The normalized spacial score (nSPS) is 14.9. The van der Waals surface area contributed by atoms with Crippen LogP contribution in [0, 0.1) is 18.8 Å². The van der Waals surface area contributed by atoms with Gasteiger partial charge in [0, 0.05) is 0 Å². The molecule has 0 saturated heterocycles. The van der Waals surface area contributed by atoms with Gasteiger partial charge in [0.1, 0.15) is 0 Å². The minimum atomic E-state index is 0.588. The Labute approximate surface area is 65.3 Å². The summed E-state index contributed by atoms with van der Waals surface area (Å²) in [5, 5.41) is 0. The van der Waals surface area contributed by atoms with Crippen LogP contribution in [0.25, 0.3) is 0 Å². The van der Waals surface area contributed by atoms with E-state index in [9.17, 15) is 0 Å². The molecular formula is C10H19. The minimum Gasteiger partial charge on any atom is -0.0917 e. The largest absolute Gasteiger partial charge is 0.0917 e. The van der Waals surface area contributed by atoms with Gasteiger partial charge in [-0.3, -0.25) is 0 Å². The Kier molecular flexibility index (Phi) is 5.38. The van der Waals surface area contributed by atoms with Crippen LogP contribution in [0.15, 0.2) is 12.2 Å². The second-order valence-corrected chi connectivity index (χ2v) is 3.10. The molecule has 0 aliphatic heterocycles. The van der Waals surface area contributed by atoms with Gasteiger partial charge < -0.3 is 0 Å². The topological polar surface area (TPSA) is 0 Å². The maximum absolute atomic E-state index is 3.99. The summed E-state index contributed by atoms with van der Waals surface area (Å²) in [6.45, 7) is 10.5. The van der Waals surface area contributed by atoms with E-state index < -0.39 is 0 Å². The fourth-order valence-electron chi connectivity index (χ4n) is 0.810. The molecule has 0 heteroatoms. The van der Waals surface area contributed by atoms with Gasteiger partial charge in [-0.15, -0.1) is 0 Å². The molecule has 2 unspecified atom stereocenters. The van der Waals surface area contributed by atoms with Crippen LogP contribution < -0.4 is 0 Å². The minimum absolute atomic E-state index is 0.588. The molecule has 10 heavy (non-hydrogen) atoms. The summed E-state index contributed by atoms with van der Waals surface area (Å²) in [4.78, 5) is 0. The third-order valence-electron chi connectivity index (χ3n) is 2.00. The highest BCUT2D eigenvalue weighted by Gasteiger charge is 2.04. The second kappa shape index (κ2) is 5.52. The van der Waals surface area contributed by atoms with Crippen LogP contribution >= 0.6 is 0 Å². The zero-order chi connectivity index (χ0) is 7.98. The third-order valence-corrected chi connectivity index (χ3v) is 2.00. The lowest BCUT2D eigenvalue weighted by atomic mass is 9.93. The zero-order valence-corrected chi connectivity index (χ0v) is 7.43. The first-order valence-electron chi connectivity index (χ1n) is 4.12. The van der Waals surface area contributed by atoms with Gasteiger partial charge >= 0.3 is 0 Å². The SMILES string of the molecule is [CH2]C(C)C(C)CCC=CC. The summed E-state index contributed by atoms with van der Waals surface area (Å²) in [7, 11) is 0. The molecule has 0 spiro atoms. The van der Waals surface area contributed by atoms with Crippen molar-refractivity contribution in [3.05, 3.63) is 19.1 Å². The molecule has 0 fully saturated rings. The summed E-state index contributed by atoms with van der Waals surface area (Å²) in [5.74, 6) is 1.35. The van der Waals surface area contributed by atoms with Gasteiger partial charge in [0.2, 0.25) is 0 Å². The summed E-state index contributed by atoms with van der Waals surface area (Å²) in [6, 6.07) is 0. The van der Waals surface area contributed by atoms with E-state index in [1.165, 1.54) is 12.8 Å². The standard InChI is InChI=1S/C10H19/c1-5-6-7-8-10(4)9(2)3/h5-6,9-10H,2,7-8H2,1,3-4H3. The van der Waals surface area contributed by atoms with E-state index in [1.54, 1.807) is 0 Å². The van der Waals surface area contributed by atoms with Crippen LogP contribution in [0.2, 0.25) is 0 Å². The molecule has 59 valence electrons. The maximum atomic E-state index is 3.99. The smallest absolute Gasteiger partial charge is 0.0348 e. The molecule has 0 aromatic rings. The van der Waals surface area contributed by atoms with Gasteiger partial charge in [-0.05, 0) is 31.6 Å². The lowest BCUT2D eigenvalue weighted by Gasteiger charge is -2.13. The number of allylic oxidation sites excluding steroid dienone is 2. The first-order valence-corrected chi connectivity index (χ1v) is 4.12. The van der Waals surface area contributed by atoms with Crippen LogP contribution in [0.5, 0.6) is 0 Å². The fourth-order valence-corrected chi connectivity index (χ4v) is 0.810. The molecule has 0 amide bonds. The van der Waals surface area contributed by atoms with E-state index in [1.807, 2.05) is 0 Å². The van der Waals surface area contributed by atoms with Gasteiger partial charge in [-0.25, -0.2) is 0 Å². The molecule has 0 aliphatic rings. The molecule has 0 heterocycles. The highest BCUT2D eigenvalue weighted by atomic mass is 14.1. The average molecular weight is 139 g/mol. The van der Waals surface area contributed by atoms with E-state index in [0.717, 1.165) is 5.92 Å². The molecule has 0 N–H and O–H groups in total. The third kappa shape index (κ3) is 4.60. The molecule has 0 aliphatic carbocycles. The molecule has 0 rings (SSSR count). The molecule has 2 atom stereocenters. The van der Waals surface area contributed by atoms with Gasteiger partial charge in [0.15, 0.2) is 0 Å². The molecule has 0 aromatic heterocycles. The molecule has 0 bridgehead atoms. The van der Waals surface area contributed by atoms with E-state index in [-0.39, 0.29) is 0 Å². The van der Waals surface area contributed by atoms with Gasteiger partial charge in [0.25, 0.3) is 0 Å². The van der Waals surface area contributed by atoms with Crippen molar-refractivity contribution in [2.75, 3.05) is 0 Å². The Morgan fingerprint density at radius 3 is 2.40 bits per heavy atom. The van der Waals surface area contributed by atoms with Crippen molar-refractivity contribution < 1.29 is 0 Å². The highest BCUT2D eigenvalue weighted by molar-refractivity contribution is 4.78. The Hall–Kier alpha value is -0.260. The van der Waals surface area contributed by atoms with E-state index >= 15 is 0 Å². The van der Waals surface area contributed by atoms with Crippen molar-refractivity contribution in [3.8, 4) is 0 Å². The first-order chi connectivity index (χ1) is 4.68. The van der Waals surface area contributed by atoms with Crippen LogP contribution in [0.3, 0.4) is 0 Å². The molecule has 0 saturated carbocycles. The second-order valence-electron chi connectivity index (χ2n) is 3.10. The van der Waals surface area contributed by atoms with Gasteiger partial charge in [-0.1, -0.05) is 32.9 Å². The Bertz CT molecular complexity index is 90.2. The van der Waals surface area contributed by atoms with Crippen molar-refractivity contribution in [3.63, 3.8) is 0 Å². The van der Waals surface area contributed by atoms with Crippen molar-refractivity contribution >= 4 is 0 Å². The van der Waals surface area contributed by atoms with Crippen LogP contribution in [0.4, 0.5) is 0 Å². The van der Waals surface area contributed by atoms with Crippen LogP contribution in [0.1, 0.15) is 33.6 Å². The average Bonchev–Trinajstić information content (AvgIpc) is 1.88. The fraction of sp³-hybridized carbons (Fsp3) is 0.700. The van der Waals surface area contributed by atoms with Crippen LogP contribution in [-0.4, -0.2) is 0 Å². The first kappa shape index (κ1) is 9.74. The summed E-state index contributed by atoms with van der Waals surface area (Å²) in [5.41, 5.74) is 0. The lowest BCUT2D eigenvalue weighted by Crippen LogP contribution is -2.02. The predicted molar refractivity (Wildman–Crippen MR) is 47.7 cm³/mol. The maximum Gasteiger partial charge on any atom is -0.0348 e. The lowest BCUT2D eigenvalue weighted by molar-refractivity contribution is 0.429. The summed E-state index contributed by atoms with van der Waals surface area (Å²) >= 11 is 0. The predicted octanol–water partition coefficient (Wildman–Crippen LogP) is 3.45. The molecule has 0 aromatic carbocycles. The molecule has 1 radical (unpaired) electrons. The molecule has 0 nitrogen and oxygen atoms in total. The molecular weight excluding hydrogens is 120 g/mol. The van der Waals surface area contributed by atoms with Crippen molar-refractivity contribution in [2.24, 2.45) is 11.8 Å².